The molecule has 8 nitrogen and oxygen atoms in total. The van der Waals surface area contributed by atoms with Crippen molar-refractivity contribution >= 4 is 27.4 Å². The van der Waals surface area contributed by atoms with E-state index in [-0.39, 0.29) is 17.4 Å². The van der Waals surface area contributed by atoms with Crippen LogP contribution in [0.15, 0.2) is 59.8 Å². The van der Waals surface area contributed by atoms with Gasteiger partial charge >= 0.3 is 5.97 Å². The van der Waals surface area contributed by atoms with Gasteiger partial charge in [0, 0.05) is 10.7 Å². The average Bonchev–Trinajstić information content (AvgIpc) is 3.19. The molecule has 0 saturated carbocycles. The molecule has 1 aromatic heterocycles. The molecular weight excluding hydrogens is 428 g/mol. The fourth-order valence-electron chi connectivity index (χ4n) is 2.93. The number of methoxy groups -OCH3 is 1. The lowest BCUT2D eigenvalue weighted by atomic mass is 10.1. The molecule has 0 radical (unpaired) electrons. The van der Waals surface area contributed by atoms with Crippen LogP contribution in [0.5, 0.6) is 0 Å². The molecule has 2 aromatic carbocycles. The first-order valence-corrected chi connectivity index (χ1v) is 11.1. The Balaban J connectivity index is 2.03. The number of sulfone groups is 1. The Bertz CT molecular complexity index is 1120. The van der Waals surface area contributed by atoms with Crippen molar-refractivity contribution in [3.63, 3.8) is 0 Å². The first kappa shape index (κ1) is 21.9. The average molecular weight is 449 g/mol. The minimum Gasteiger partial charge on any atom is -0.469 e. The summed E-state index contributed by atoms with van der Waals surface area (Å²) in [5.41, 5.74) is 7.85. The second-order valence-electron chi connectivity index (χ2n) is 6.59. The van der Waals surface area contributed by atoms with Crippen LogP contribution in [0.1, 0.15) is 23.9 Å². The molecule has 0 saturated heterocycles. The summed E-state index contributed by atoms with van der Waals surface area (Å²) >= 11 is 5.98. The molecule has 0 bridgehead atoms. The molecule has 0 fully saturated rings. The van der Waals surface area contributed by atoms with E-state index < -0.39 is 27.6 Å². The van der Waals surface area contributed by atoms with Crippen LogP contribution >= 0.6 is 11.6 Å². The zero-order valence-electron chi connectivity index (χ0n) is 16.2. The summed E-state index contributed by atoms with van der Waals surface area (Å²) in [7, 11) is -2.74. The van der Waals surface area contributed by atoms with Crippen LogP contribution < -0.4 is 5.73 Å². The predicted molar refractivity (Wildman–Crippen MR) is 112 cm³/mol. The van der Waals surface area contributed by atoms with Crippen molar-refractivity contribution in [1.29, 1.82) is 0 Å². The summed E-state index contributed by atoms with van der Waals surface area (Å²) in [6.45, 7) is 0. The number of nitrogens with two attached hydrogens (primary N) is 1. The minimum atomic E-state index is -3.94. The van der Waals surface area contributed by atoms with E-state index in [0.29, 0.717) is 17.1 Å². The van der Waals surface area contributed by atoms with Gasteiger partial charge in [-0.25, -0.2) is 8.42 Å². The maximum absolute atomic E-state index is 12.9. The largest absolute Gasteiger partial charge is 0.469 e. The summed E-state index contributed by atoms with van der Waals surface area (Å²) in [6.07, 6.45) is 0.145. The Hall–Kier alpha value is -2.75. The third-order valence-corrected chi connectivity index (χ3v) is 6.27. The number of carbonyl (C=O) groups is 1. The van der Waals surface area contributed by atoms with Crippen molar-refractivity contribution in [2.45, 2.75) is 24.0 Å². The molecule has 0 unspecified atom stereocenters. The number of carbonyl (C=O) groups excluding carboxylic acids is 1. The Morgan fingerprint density at radius 1 is 1.13 bits per heavy atom. The molecule has 1 heterocycles. The molecule has 3 rings (SSSR count). The van der Waals surface area contributed by atoms with Crippen LogP contribution in [0.4, 0.5) is 0 Å². The van der Waals surface area contributed by atoms with Crippen molar-refractivity contribution in [2.75, 3.05) is 12.9 Å². The van der Waals surface area contributed by atoms with Crippen LogP contribution in [0.25, 0.3) is 5.69 Å². The van der Waals surface area contributed by atoms with Crippen molar-refractivity contribution < 1.29 is 17.9 Å². The second kappa shape index (κ2) is 9.38. The van der Waals surface area contributed by atoms with Crippen LogP contribution in [0, 0.1) is 0 Å². The lowest BCUT2D eigenvalue weighted by molar-refractivity contribution is -0.140. The zero-order chi connectivity index (χ0) is 21.7. The standard InChI is InChI=1S/C20H21ClN4O4S/c1-29-18(26)11-12-30(27,28)20-24-23-19(17(22)13-14-5-3-2-4-6-14)25(20)16-9-7-15(21)8-10-16/h2-10,17H,11-13,22H2,1H3/t17-/m0/s1. The van der Waals surface area contributed by atoms with Gasteiger partial charge in [-0.1, -0.05) is 41.9 Å². The van der Waals surface area contributed by atoms with Crippen LogP contribution in [-0.2, 0) is 25.8 Å². The third kappa shape index (κ3) is 5.05. The first-order valence-electron chi connectivity index (χ1n) is 9.12. The van der Waals surface area contributed by atoms with Gasteiger partial charge in [-0.05, 0) is 36.2 Å². The minimum absolute atomic E-state index is 0.285. The highest BCUT2D eigenvalue weighted by Gasteiger charge is 2.29. The quantitative estimate of drug-likeness (QED) is 0.526. The molecular formula is C20H21ClN4O4S. The van der Waals surface area contributed by atoms with Gasteiger partial charge in [0.15, 0.2) is 5.82 Å². The number of hydrogen-bond acceptors (Lipinski definition) is 7. The van der Waals surface area contributed by atoms with Gasteiger partial charge in [0.25, 0.3) is 5.16 Å². The molecule has 3 aromatic rings. The SMILES string of the molecule is COC(=O)CCS(=O)(=O)c1nnc([C@@H](N)Cc2ccccc2)n1-c1ccc(Cl)cc1. The zero-order valence-corrected chi connectivity index (χ0v) is 17.8. The smallest absolute Gasteiger partial charge is 0.306 e. The molecule has 30 heavy (non-hydrogen) atoms. The van der Waals surface area contributed by atoms with Crippen LogP contribution in [-0.4, -0.2) is 42.0 Å². The van der Waals surface area contributed by atoms with Gasteiger partial charge in [0.1, 0.15) is 0 Å². The van der Waals surface area contributed by atoms with E-state index in [1.54, 1.807) is 24.3 Å². The van der Waals surface area contributed by atoms with Crippen molar-refractivity contribution in [3.05, 3.63) is 71.0 Å². The van der Waals surface area contributed by atoms with Gasteiger partial charge in [-0.15, -0.1) is 10.2 Å². The normalized spacial score (nSPS) is 12.5. The fraction of sp³-hybridized carbons (Fsp3) is 0.250. The van der Waals surface area contributed by atoms with Crippen LogP contribution in [0.2, 0.25) is 5.02 Å². The highest BCUT2D eigenvalue weighted by molar-refractivity contribution is 7.91. The third-order valence-electron chi connectivity index (χ3n) is 4.45. The number of benzene rings is 2. The monoisotopic (exact) mass is 448 g/mol. The molecule has 2 N–H and O–H groups in total. The summed E-state index contributed by atoms with van der Waals surface area (Å²) < 4.78 is 31.8. The van der Waals surface area contributed by atoms with E-state index in [2.05, 4.69) is 14.9 Å². The van der Waals surface area contributed by atoms with Gasteiger partial charge in [-0.2, -0.15) is 0 Å². The van der Waals surface area contributed by atoms with Gasteiger partial charge < -0.3 is 10.5 Å². The molecule has 158 valence electrons. The molecule has 0 spiro atoms. The van der Waals surface area contributed by atoms with E-state index in [4.69, 9.17) is 17.3 Å². The maximum Gasteiger partial charge on any atom is 0.306 e. The molecule has 10 heteroatoms. The van der Waals surface area contributed by atoms with E-state index >= 15 is 0 Å². The molecule has 0 amide bonds. The molecule has 0 aliphatic carbocycles. The summed E-state index contributed by atoms with van der Waals surface area (Å²) in [4.78, 5) is 11.4. The number of rotatable bonds is 8. The Kier molecular flexibility index (Phi) is 6.86. The van der Waals surface area contributed by atoms with Crippen molar-refractivity contribution in [3.8, 4) is 5.69 Å². The summed E-state index contributed by atoms with van der Waals surface area (Å²) in [6, 6.07) is 15.5. The number of aromatic nitrogens is 3. The van der Waals surface area contributed by atoms with E-state index in [1.807, 2.05) is 30.3 Å². The molecule has 0 aliphatic heterocycles. The number of nitrogens with zero attached hydrogens (tertiary/aromatic N) is 3. The highest BCUT2D eigenvalue weighted by Crippen LogP contribution is 2.24. The topological polar surface area (TPSA) is 117 Å². The Morgan fingerprint density at radius 2 is 1.80 bits per heavy atom. The highest BCUT2D eigenvalue weighted by atomic mass is 35.5. The van der Waals surface area contributed by atoms with Crippen molar-refractivity contribution in [2.24, 2.45) is 5.73 Å². The van der Waals surface area contributed by atoms with Gasteiger partial charge in [0.2, 0.25) is 9.84 Å². The Labute approximate surface area is 179 Å². The second-order valence-corrected chi connectivity index (χ2v) is 9.03. The van der Waals surface area contributed by atoms with Crippen molar-refractivity contribution in [1.82, 2.24) is 14.8 Å². The first-order chi connectivity index (χ1) is 14.3. The predicted octanol–water partition coefficient (Wildman–Crippen LogP) is 2.50. The molecule has 0 aliphatic rings. The van der Waals surface area contributed by atoms with E-state index in [9.17, 15) is 13.2 Å². The lowest BCUT2D eigenvalue weighted by Crippen LogP contribution is -2.21. The maximum atomic E-state index is 12.9. The van der Waals surface area contributed by atoms with Crippen LogP contribution in [0.3, 0.4) is 0 Å². The van der Waals surface area contributed by atoms with Gasteiger partial charge in [0.05, 0.1) is 25.3 Å². The lowest BCUT2D eigenvalue weighted by Gasteiger charge is -2.15. The van der Waals surface area contributed by atoms with E-state index in [0.717, 1.165) is 5.56 Å². The summed E-state index contributed by atoms with van der Waals surface area (Å²) in [5.74, 6) is -0.797. The number of esters is 1. The molecule has 1 atom stereocenters. The number of halogens is 1. The number of hydrogen-bond donors (Lipinski definition) is 1. The van der Waals surface area contributed by atoms with Gasteiger partial charge in [-0.3, -0.25) is 9.36 Å². The fourth-order valence-corrected chi connectivity index (χ4v) is 4.31. The number of ether oxygens (including phenoxy) is 1. The Morgan fingerprint density at radius 3 is 2.43 bits per heavy atom. The summed E-state index contributed by atoms with van der Waals surface area (Å²) in [5, 5.41) is 8.21. The van der Waals surface area contributed by atoms with E-state index in [1.165, 1.54) is 11.7 Å².